The maximum absolute atomic E-state index is 3.69. The van der Waals surface area contributed by atoms with E-state index in [1.165, 1.54) is 70.6 Å². The van der Waals surface area contributed by atoms with Crippen molar-refractivity contribution in [3.8, 4) is 0 Å². The molecule has 0 spiro atoms. The maximum Gasteiger partial charge on any atom is 0.0101 e. The van der Waals surface area contributed by atoms with Gasteiger partial charge in [0.15, 0.2) is 0 Å². The van der Waals surface area contributed by atoms with Crippen LogP contribution >= 0.6 is 0 Å². The Morgan fingerprint density at radius 2 is 1.41 bits per heavy atom. The first-order valence-corrected chi connectivity index (χ1v) is 8.15. The third kappa shape index (κ3) is 3.98. The molecule has 0 aliphatic heterocycles. The van der Waals surface area contributed by atoms with Gasteiger partial charge in [-0.2, -0.15) is 0 Å². The number of hydrogen-bond acceptors (Lipinski definition) is 1. The molecule has 0 radical (unpaired) electrons. The highest BCUT2D eigenvalue weighted by Crippen LogP contribution is 2.41. The molecule has 2 saturated carbocycles. The quantitative estimate of drug-likeness (QED) is 0.745. The molecule has 0 amide bonds. The normalized spacial score (nSPS) is 36.2. The highest BCUT2D eigenvalue weighted by atomic mass is 14.9. The van der Waals surface area contributed by atoms with Crippen molar-refractivity contribution in [2.45, 2.75) is 83.6 Å². The lowest BCUT2D eigenvalue weighted by Gasteiger charge is -2.46. The molecule has 17 heavy (non-hydrogen) atoms. The van der Waals surface area contributed by atoms with Crippen LogP contribution in [0.5, 0.6) is 0 Å². The van der Waals surface area contributed by atoms with Crippen molar-refractivity contribution >= 4 is 0 Å². The Balaban J connectivity index is 1.77. The molecule has 0 heterocycles. The predicted molar refractivity (Wildman–Crippen MR) is 75.2 cm³/mol. The Morgan fingerprint density at radius 1 is 0.824 bits per heavy atom. The summed E-state index contributed by atoms with van der Waals surface area (Å²) in [7, 11) is 0. The van der Waals surface area contributed by atoms with E-state index in [4.69, 9.17) is 0 Å². The van der Waals surface area contributed by atoms with Crippen LogP contribution in [0.15, 0.2) is 0 Å². The Kier molecular flexibility index (Phi) is 5.84. The lowest BCUT2D eigenvalue weighted by atomic mass is 9.65. The van der Waals surface area contributed by atoms with E-state index >= 15 is 0 Å². The third-order valence-electron chi connectivity index (χ3n) is 5.01. The van der Waals surface area contributed by atoms with Crippen molar-refractivity contribution in [1.82, 2.24) is 5.32 Å². The Labute approximate surface area is 108 Å². The van der Waals surface area contributed by atoms with Crippen molar-refractivity contribution in [3.63, 3.8) is 0 Å². The highest BCUT2D eigenvalue weighted by molar-refractivity contribution is 4.93. The summed E-state index contributed by atoms with van der Waals surface area (Å²) in [5.41, 5.74) is 0. The average molecular weight is 237 g/mol. The fourth-order valence-corrected chi connectivity index (χ4v) is 3.92. The van der Waals surface area contributed by atoms with E-state index in [1.807, 2.05) is 0 Å². The Bertz CT molecular complexity index is 202. The second kappa shape index (κ2) is 7.41. The van der Waals surface area contributed by atoms with Crippen molar-refractivity contribution in [1.29, 1.82) is 0 Å². The molecule has 1 nitrogen and oxygen atoms in total. The molecular formula is C16H31N. The first-order chi connectivity index (χ1) is 8.42. The minimum atomic E-state index is 0.868. The second-order valence-electron chi connectivity index (χ2n) is 6.23. The summed E-state index contributed by atoms with van der Waals surface area (Å²) in [5.74, 6) is 2.09. The van der Waals surface area contributed by atoms with Crippen molar-refractivity contribution in [3.05, 3.63) is 0 Å². The van der Waals surface area contributed by atoms with Crippen LogP contribution in [0.25, 0.3) is 0 Å². The van der Waals surface area contributed by atoms with E-state index in [2.05, 4.69) is 12.2 Å². The number of fused-ring (bicyclic) bond motifs is 1. The number of nitrogens with one attached hydrogen (secondary N) is 1. The molecule has 0 aromatic carbocycles. The van der Waals surface area contributed by atoms with Gasteiger partial charge < -0.3 is 5.32 Å². The zero-order chi connectivity index (χ0) is 11.9. The summed E-state index contributed by atoms with van der Waals surface area (Å²) in [6, 6.07) is 0.868. The van der Waals surface area contributed by atoms with Gasteiger partial charge in [-0.3, -0.25) is 0 Å². The molecule has 2 rings (SSSR count). The van der Waals surface area contributed by atoms with Gasteiger partial charge in [-0.25, -0.2) is 0 Å². The van der Waals surface area contributed by atoms with Gasteiger partial charge in [0.25, 0.3) is 0 Å². The standard InChI is InChI=1S/C16H31N/c1-2-17-16-13-14-11-9-7-5-3-4-6-8-10-12-15(14)16/h14-17H,2-13H2,1H3. The van der Waals surface area contributed by atoms with E-state index in [0.717, 1.165) is 24.4 Å². The van der Waals surface area contributed by atoms with E-state index < -0.39 is 0 Å². The molecule has 1 N–H and O–H groups in total. The van der Waals surface area contributed by atoms with Crippen LogP contribution < -0.4 is 5.32 Å². The lowest BCUT2D eigenvalue weighted by molar-refractivity contribution is 0.0840. The first kappa shape index (κ1) is 13.4. The second-order valence-corrected chi connectivity index (χ2v) is 6.23. The summed E-state index contributed by atoms with van der Waals surface area (Å²) in [6.45, 7) is 3.41. The average Bonchev–Trinajstić information content (AvgIpc) is 2.31. The van der Waals surface area contributed by atoms with Crippen LogP contribution in [0, 0.1) is 11.8 Å². The molecule has 1 heteroatoms. The molecule has 2 aliphatic carbocycles. The fourth-order valence-electron chi connectivity index (χ4n) is 3.92. The van der Waals surface area contributed by atoms with Gasteiger partial charge in [-0.15, -0.1) is 0 Å². The van der Waals surface area contributed by atoms with Crippen LogP contribution in [0.3, 0.4) is 0 Å². The van der Waals surface area contributed by atoms with E-state index in [9.17, 15) is 0 Å². The molecule has 3 unspecified atom stereocenters. The SMILES string of the molecule is CCNC1CC2CCCCCCCCCCC21. The predicted octanol–water partition coefficient (Wildman–Crippen LogP) is 4.52. The minimum absolute atomic E-state index is 0.868. The van der Waals surface area contributed by atoms with Crippen LogP contribution in [-0.2, 0) is 0 Å². The summed E-state index contributed by atoms with van der Waals surface area (Å²) in [6.07, 6.45) is 16.4. The molecule has 0 aromatic heterocycles. The Morgan fingerprint density at radius 3 is 2.06 bits per heavy atom. The smallest absolute Gasteiger partial charge is 0.0101 e. The van der Waals surface area contributed by atoms with Gasteiger partial charge in [0.1, 0.15) is 0 Å². The molecule has 3 atom stereocenters. The summed E-state index contributed by atoms with van der Waals surface area (Å²) < 4.78 is 0. The largest absolute Gasteiger partial charge is 0.314 e. The number of hydrogen-bond donors (Lipinski definition) is 1. The molecule has 100 valence electrons. The molecule has 0 aromatic rings. The van der Waals surface area contributed by atoms with Gasteiger partial charge in [-0.1, -0.05) is 64.7 Å². The van der Waals surface area contributed by atoms with Gasteiger partial charge >= 0.3 is 0 Å². The fraction of sp³-hybridized carbons (Fsp3) is 1.00. The van der Waals surface area contributed by atoms with E-state index in [1.54, 1.807) is 0 Å². The van der Waals surface area contributed by atoms with E-state index in [0.29, 0.717) is 0 Å². The summed E-state index contributed by atoms with van der Waals surface area (Å²) in [4.78, 5) is 0. The summed E-state index contributed by atoms with van der Waals surface area (Å²) in [5, 5.41) is 3.69. The van der Waals surface area contributed by atoms with E-state index in [-0.39, 0.29) is 0 Å². The molecule has 2 aliphatic rings. The molecular weight excluding hydrogens is 206 g/mol. The summed E-state index contributed by atoms with van der Waals surface area (Å²) >= 11 is 0. The van der Waals surface area contributed by atoms with Crippen molar-refractivity contribution in [2.75, 3.05) is 6.54 Å². The third-order valence-corrected chi connectivity index (χ3v) is 5.01. The van der Waals surface area contributed by atoms with Crippen LogP contribution in [0.1, 0.15) is 77.6 Å². The zero-order valence-corrected chi connectivity index (χ0v) is 11.7. The highest BCUT2D eigenvalue weighted by Gasteiger charge is 2.38. The lowest BCUT2D eigenvalue weighted by Crippen LogP contribution is -2.50. The maximum atomic E-state index is 3.69. The molecule has 0 bridgehead atoms. The topological polar surface area (TPSA) is 12.0 Å². The molecule has 0 saturated heterocycles. The van der Waals surface area contributed by atoms with Gasteiger partial charge in [0, 0.05) is 6.04 Å². The number of rotatable bonds is 2. The minimum Gasteiger partial charge on any atom is -0.314 e. The first-order valence-electron chi connectivity index (χ1n) is 8.15. The van der Waals surface area contributed by atoms with Crippen LogP contribution in [0.2, 0.25) is 0 Å². The molecule has 2 fully saturated rings. The zero-order valence-electron chi connectivity index (χ0n) is 11.7. The van der Waals surface area contributed by atoms with Gasteiger partial charge in [0.2, 0.25) is 0 Å². The van der Waals surface area contributed by atoms with Crippen LogP contribution in [-0.4, -0.2) is 12.6 Å². The van der Waals surface area contributed by atoms with Crippen LogP contribution in [0.4, 0.5) is 0 Å². The van der Waals surface area contributed by atoms with Gasteiger partial charge in [0.05, 0.1) is 0 Å². The van der Waals surface area contributed by atoms with Crippen molar-refractivity contribution < 1.29 is 0 Å². The van der Waals surface area contributed by atoms with Gasteiger partial charge in [-0.05, 0) is 31.2 Å². The Hall–Kier alpha value is -0.0400. The monoisotopic (exact) mass is 237 g/mol. The van der Waals surface area contributed by atoms with Crippen molar-refractivity contribution in [2.24, 2.45) is 11.8 Å².